The Hall–Kier alpha value is -2.51. The number of fused-ring (bicyclic) bond motifs is 1. The summed E-state index contributed by atoms with van der Waals surface area (Å²) in [6.07, 6.45) is 6.93. The first-order valence-electron chi connectivity index (χ1n) is 9.30. The lowest BCUT2D eigenvalue weighted by atomic mass is 9.81. The van der Waals surface area contributed by atoms with Crippen molar-refractivity contribution in [3.8, 4) is 0 Å². The summed E-state index contributed by atoms with van der Waals surface area (Å²) in [6.45, 7) is 2.25. The number of nitrogens with zero attached hydrogens (tertiary/aromatic N) is 5. The predicted molar refractivity (Wildman–Crippen MR) is 93.0 cm³/mol. The molecule has 8 nitrogen and oxygen atoms in total. The molecular formula is C18H23N5O3. The molecule has 0 unspecified atom stereocenters. The van der Waals surface area contributed by atoms with E-state index in [9.17, 15) is 14.4 Å². The van der Waals surface area contributed by atoms with Crippen LogP contribution in [0.15, 0.2) is 18.5 Å². The van der Waals surface area contributed by atoms with Gasteiger partial charge in [0, 0.05) is 38.6 Å². The van der Waals surface area contributed by atoms with Gasteiger partial charge in [-0.2, -0.15) is 0 Å². The predicted octanol–water partition coefficient (Wildman–Crippen LogP) is 0.300. The molecule has 26 heavy (non-hydrogen) atoms. The van der Waals surface area contributed by atoms with Crippen molar-refractivity contribution >= 4 is 23.7 Å². The number of carbonyl (C=O) groups excluding carboxylic acids is 3. The van der Waals surface area contributed by atoms with Gasteiger partial charge in [-0.15, -0.1) is 0 Å². The molecule has 1 aromatic rings. The molecule has 0 aromatic carbocycles. The molecule has 3 aliphatic rings. The number of imide groups is 1. The second-order valence-corrected chi connectivity index (χ2v) is 7.18. The van der Waals surface area contributed by atoms with Crippen LogP contribution in [-0.4, -0.2) is 70.2 Å². The largest absolute Gasteiger partial charge is 0.338 e. The Balaban J connectivity index is 1.34. The van der Waals surface area contributed by atoms with E-state index in [0.29, 0.717) is 32.1 Å². The molecule has 1 aliphatic carbocycles. The smallest absolute Gasteiger partial charge is 0.242 e. The molecule has 138 valence electrons. The highest BCUT2D eigenvalue weighted by Gasteiger charge is 2.48. The number of piperazine rings is 1. The van der Waals surface area contributed by atoms with Gasteiger partial charge in [0.2, 0.25) is 23.7 Å². The van der Waals surface area contributed by atoms with Crippen LogP contribution >= 0.6 is 0 Å². The Morgan fingerprint density at radius 1 is 0.962 bits per heavy atom. The number of rotatable bonds is 3. The summed E-state index contributed by atoms with van der Waals surface area (Å²) in [5, 5.41) is 0. The summed E-state index contributed by atoms with van der Waals surface area (Å²) in [7, 11) is 0. The normalized spacial score (nSPS) is 26.2. The van der Waals surface area contributed by atoms with E-state index in [1.807, 2.05) is 4.90 Å². The molecule has 0 bridgehead atoms. The lowest BCUT2D eigenvalue weighted by molar-refractivity contribution is -0.146. The second-order valence-electron chi connectivity index (χ2n) is 7.18. The zero-order valence-electron chi connectivity index (χ0n) is 14.7. The molecule has 4 rings (SSSR count). The molecule has 2 saturated heterocycles. The molecular weight excluding hydrogens is 334 g/mol. The fourth-order valence-electron chi connectivity index (χ4n) is 4.23. The average Bonchev–Trinajstić information content (AvgIpc) is 2.94. The van der Waals surface area contributed by atoms with Gasteiger partial charge in [0.25, 0.3) is 0 Å². The molecule has 3 fully saturated rings. The van der Waals surface area contributed by atoms with Crippen molar-refractivity contribution in [2.24, 2.45) is 11.8 Å². The Labute approximate surface area is 152 Å². The third kappa shape index (κ3) is 3.04. The van der Waals surface area contributed by atoms with Crippen LogP contribution in [0.2, 0.25) is 0 Å². The summed E-state index contributed by atoms with van der Waals surface area (Å²) in [6, 6.07) is 1.77. The maximum absolute atomic E-state index is 12.6. The van der Waals surface area contributed by atoms with E-state index < -0.39 is 0 Å². The maximum Gasteiger partial charge on any atom is 0.242 e. The van der Waals surface area contributed by atoms with Gasteiger partial charge in [0.05, 0.1) is 11.8 Å². The Kier molecular flexibility index (Phi) is 4.57. The van der Waals surface area contributed by atoms with E-state index >= 15 is 0 Å². The first-order valence-corrected chi connectivity index (χ1v) is 9.30. The minimum atomic E-state index is -0.198. The van der Waals surface area contributed by atoms with Crippen molar-refractivity contribution in [3.05, 3.63) is 18.5 Å². The van der Waals surface area contributed by atoms with Crippen LogP contribution in [0.3, 0.4) is 0 Å². The van der Waals surface area contributed by atoms with Gasteiger partial charge in [-0.3, -0.25) is 19.3 Å². The first-order chi connectivity index (χ1) is 12.6. The number of hydrogen-bond donors (Lipinski definition) is 0. The van der Waals surface area contributed by atoms with Crippen LogP contribution < -0.4 is 4.90 Å². The van der Waals surface area contributed by atoms with Gasteiger partial charge in [0.1, 0.15) is 6.54 Å². The number of amides is 3. The van der Waals surface area contributed by atoms with Gasteiger partial charge in [-0.1, -0.05) is 12.8 Å². The molecule has 0 radical (unpaired) electrons. The molecule has 3 heterocycles. The highest BCUT2D eigenvalue weighted by Crippen LogP contribution is 2.37. The van der Waals surface area contributed by atoms with Crippen molar-refractivity contribution in [1.29, 1.82) is 0 Å². The molecule has 8 heteroatoms. The Morgan fingerprint density at radius 3 is 2.12 bits per heavy atom. The fraction of sp³-hybridized carbons (Fsp3) is 0.611. The number of hydrogen-bond acceptors (Lipinski definition) is 6. The number of carbonyl (C=O) groups is 3. The molecule has 2 aliphatic heterocycles. The van der Waals surface area contributed by atoms with E-state index in [0.717, 1.165) is 25.7 Å². The van der Waals surface area contributed by atoms with E-state index in [-0.39, 0.29) is 36.1 Å². The topological polar surface area (TPSA) is 86.7 Å². The van der Waals surface area contributed by atoms with Gasteiger partial charge < -0.3 is 9.80 Å². The molecule has 0 spiro atoms. The second kappa shape index (κ2) is 7.01. The third-order valence-electron chi connectivity index (χ3n) is 5.69. The molecule has 0 N–H and O–H groups in total. The van der Waals surface area contributed by atoms with Crippen molar-refractivity contribution in [1.82, 2.24) is 19.8 Å². The van der Waals surface area contributed by atoms with Gasteiger partial charge >= 0.3 is 0 Å². The van der Waals surface area contributed by atoms with Crippen LogP contribution in [0.25, 0.3) is 0 Å². The zero-order valence-corrected chi connectivity index (χ0v) is 14.7. The molecule has 3 amide bonds. The average molecular weight is 357 g/mol. The van der Waals surface area contributed by atoms with E-state index in [1.54, 1.807) is 23.4 Å². The quantitative estimate of drug-likeness (QED) is 0.723. The van der Waals surface area contributed by atoms with Crippen LogP contribution in [0.5, 0.6) is 0 Å². The van der Waals surface area contributed by atoms with Crippen molar-refractivity contribution < 1.29 is 14.4 Å². The molecule has 1 aromatic heterocycles. The van der Waals surface area contributed by atoms with Crippen molar-refractivity contribution in [2.45, 2.75) is 25.7 Å². The van der Waals surface area contributed by atoms with Gasteiger partial charge in [0.15, 0.2) is 0 Å². The van der Waals surface area contributed by atoms with Crippen LogP contribution in [0, 0.1) is 11.8 Å². The standard InChI is InChI=1S/C18H23N5O3/c24-15(12-23-16(25)13-4-1-2-5-14(13)17(23)26)21-8-10-22(11-9-21)18-19-6-3-7-20-18/h3,6-7,13-14H,1-2,4-5,8-12H2/t13-,14+. The fourth-order valence-corrected chi connectivity index (χ4v) is 4.23. The lowest BCUT2D eigenvalue weighted by Crippen LogP contribution is -2.52. The summed E-state index contributed by atoms with van der Waals surface area (Å²) >= 11 is 0. The summed E-state index contributed by atoms with van der Waals surface area (Å²) in [5.74, 6) is -0.187. The first kappa shape index (κ1) is 16.9. The number of anilines is 1. The monoisotopic (exact) mass is 357 g/mol. The number of likely N-dealkylation sites (tertiary alicyclic amines) is 1. The van der Waals surface area contributed by atoms with Crippen LogP contribution in [-0.2, 0) is 14.4 Å². The van der Waals surface area contributed by atoms with Gasteiger partial charge in [-0.05, 0) is 18.9 Å². The van der Waals surface area contributed by atoms with E-state index in [1.165, 1.54) is 4.90 Å². The summed E-state index contributed by atoms with van der Waals surface area (Å²) in [4.78, 5) is 51.1. The summed E-state index contributed by atoms with van der Waals surface area (Å²) < 4.78 is 0. The van der Waals surface area contributed by atoms with E-state index in [2.05, 4.69) is 9.97 Å². The number of aromatic nitrogens is 2. The minimum Gasteiger partial charge on any atom is -0.338 e. The highest BCUT2D eigenvalue weighted by atomic mass is 16.2. The summed E-state index contributed by atoms with van der Waals surface area (Å²) in [5.41, 5.74) is 0. The van der Waals surface area contributed by atoms with Gasteiger partial charge in [-0.25, -0.2) is 9.97 Å². The Morgan fingerprint density at radius 2 is 1.54 bits per heavy atom. The van der Waals surface area contributed by atoms with Crippen molar-refractivity contribution in [2.75, 3.05) is 37.6 Å². The Bertz CT molecular complexity index is 678. The zero-order chi connectivity index (χ0) is 18.1. The maximum atomic E-state index is 12.6. The molecule has 2 atom stereocenters. The highest BCUT2D eigenvalue weighted by molar-refractivity contribution is 6.07. The SMILES string of the molecule is O=C(CN1C(=O)[C@H]2CCCC[C@H]2C1=O)N1CCN(c2ncccn2)CC1. The van der Waals surface area contributed by atoms with E-state index in [4.69, 9.17) is 0 Å². The third-order valence-corrected chi connectivity index (χ3v) is 5.69. The van der Waals surface area contributed by atoms with Crippen LogP contribution in [0.1, 0.15) is 25.7 Å². The molecule has 1 saturated carbocycles. The van der Waals surface area contributed by atoms with Crippen molar-refractivity contribution in [3.63, 3.8) is 0 Å². The minimum absolute atomic E-state index is 0.119. The van der Waals surface area contributed by atoms with Crippen LogP contribution in [0.4, 0.5) is 5.95 Å². The lowest BCUT2D eigenvalue weighted by Gasteiger charge is -2.35.